The molecule has 0 fully saturated rings. The van der Waals surface area contributed by atoms with E-state index in [9.17, 15) is 8.42 Å². The van der Waals surface area contributed by atoms with Gasteiger partial charge < -0.3 is 0 Å². The lowest BCUT2D eigenvalue weighted by molar-refractivity contribution is 0.582. The molecule has 0 aliphatic carbocycles. The lowest BCUT2D eigenvalue weighted by Gasteiger charge is -2.03. The Morgan fingerprint density at radius 2 is 2.22 bits per heavy atom. The van der Waals surface area contributed by atoms with Crippen molar-refractivity contribution in [1.82, 2.24) is 14.9 Å². The van der Waals surface area contributed by atoms with Crippen LogP contribution < -0.4 is 4.72 Å². The van der Waals surface area contributed by atoms with Crippen LogP contribution in [-0.4, -0.2) is 18.6 Å². The molecule has 0 aliphatic rings. The maximum Gasteiger partial charge on any atom is 0.250 e. The van der Waals surface area contributed by atoms with Gasteiger partial charge in [-0.05, 0) is 24.3 Å². The van der Waals surface area contributed by atoms with Gasteiger partial charge in [-0.25, -0.2) is 13.1 Å². The molecule has 2 aromatic rings. The van der Waals surface area contributed by atoms with E-state index < -0.39 is 10.0 Å². The van der Waals surface area contributed by atoms with Crippen molar-refractivity contribution in [2.75, 3.05) is 0 Å². The first-order valence-electron chi connectivity index (χ1n) is 4.88. The summed E-state index contributed by atoms with van der Waals surface area (Å²) in [4.78, 5) is 0.356. The number of aromatic nitrogens is 2. The molecule has 0 saturated heterocycles. The van der Waals surface area contributed by atoms with E-state index in [0.717, 1.165) is 11.3 Å². The first-order valence-corrected chi connectivity index (χ1v) is 7.18. The Bertz CT molecular complexity index is 673. The highest BCUT2D eigenvalue weighted by atomic mass is 32.2. The summed E-state index contributed by atoms with van der Waals surface area (Å²) in [5, 5.41) is 16.1. The number of rotatable bonds is 4. The number of nitrogens with zero attached hydrogens (tertiary/aromatic N) is 3. The second kappa shape index (κ2) is 5.22. The maximum atomic E-state index is 11.9. The van der Waals surface area contributed by atoms with E-state index in [1.54, 1.807) is 12.1 Å². The standard InChI is InChI=1S/C10H8N4O2S2/c11-6-9-3-4-10(17-9)18(15,16)13-7-8-2-1-5-12-14-8/h1-5,13H,7H2. The van der Waals surface area contributed by atoms with E-state index >= 15 is 0 Å². The van der Waals surface area contributed by atoms with Crippen LogP contribution in [0.3, 0.4) is 0 Å². The maximum absolute atomic E-state index is 11.9. The minimum Gasteiger partial charge on any atom is -0.206 e. The van der Waals surface area contributed by atoms with Crippen LogP contribution in [0.4, 0.5) is 0 Å². The SMILES string of the molecule is N#Cc1ccc(S(=O)(=O)NCc2cccnn2)s1. The van der Waals surface area contributed by atoms with Crippen LogP contribution in [0.1, 0.15) is 10.6 Å². The molecular weight excluding hydrogens is 272 g/mol. The van der Waals surface area contributed by atoms with E-state index in [2.05, 4.69) is 14.9 Å². The van der Waals surface area contributed by atoms with Crippen LogP contribution in [0.25, 0.3) is 0 Å². The number of thiophene rings is 1. The van der Waals surface area contributed by atoms with Crippen molar-refractivity contribution in [3.05, 3.63) is 41.0 Å². The van der Waals surface area contributed by atoms with E-state index in [0.29, 0.717) is 10.6 Å². The number of hydrogen-bond acceptors (Lipinski definition) is 6. The summed E-state index contributed by atoms with van der Waals surface area (Å²) in [5.74, 6) is 0. The smallest absolute Gasteiger partial charge is 0.206 e. The van der Waals surface area contributed by atoms with Crippen molar-refractivity contribution < 1.29 is 8.42 Å². The summed E-state index contributed by atoms with van der Waals surface area (Å²) in [6.45, 7) is 0.0654. The molecule has 18 heavy (non-hydrogen) atoms. The Labute approximate surface area is 108 Å². The van der Waals surface area contributed by atoms with E-state index in [4.69, 9.17) is 5.26 Å². The zero-order valence-electron chi connectivity index (χ0n) is 9.07. The van der Waals surface area contributed by atoms with Gasteiger partial charge in [-0.15, -0.1) is 11.3 Å². The van der Waals surface area contributed by atoms with Crippen LogP contribution in [-0.2, 0) is 16.6 Å². The number of sulfonamides is 1. The Morgan fingerprint density at radius 1 is 1.39 bits per heavy atom. The normalized spacial score (nSPS) is 11.1. The summed E-state index contributed by atoms with van der Waals surface area (Å²) in [7, 11) is -3.60. The molecule has 1 N–H and O–H groups in total. The van der Waals surface area contributed by atoms with Gasteiger partial charge in [-0.2, -0.15) is 15.5 Å². The Hall–Kier alpha value is -1.82. The van der Waals surface area contributed by atoms with E-state index in [1.807, 2.05) is 6.07 Å². The van der Waals surface area contributed by atoms with E-state index in [1.165, 1.54) is 18.3 Å². The molecule has 2 rings (SSSR count). The van der Waals surface area contributed by atoms with Gasteiger partial charge in [0.2, 0.25) is 10.0 Å². The molecule has 0 atom stereocenters. The van der Waals surface area contributed by atoms with E-state index in [-0.39, 0.29) is 10.8 Å². The van der Waals surface area contributed by atoms with Crippen molar-refractivity contribution in [2.24, 2.45) is 0 Å². The molecule has 0 aromatic carbocycles. The molecule has 0 spiro atoms. The monoisotopic (exact) mass is 280 g/mol. The lowest BCUT2D eigenvalue weighted by atomic mass is 10.4. The minimum atomic E-state index is -3.60. The van der Waals surface area contributed by atoms with Crippen molar-refractivity contribution in [3.63, 3.8) is 0 Å². The predicted molar refractivity (Wildman–Crippen MR) is 65.1 cm³/mol. The molecule has 0 radical (unpaired) electrons. The highest BCUT2D eigenvalue weighted by molar-refractivity contribution is 7.91. The van der Waals surface area contributed by atoms with Crippen LogP contribution in [0.2, 0.25) is 0 Å². The fourth-order valence-electron chi connectivity index (χ4n) is 1.19. The van der Waals surface area contributed by atoms with Gasteiger partial charge in [0.25, 0.3) is 0 Å². The van der Waals surface area contributed by atoms with Crippen LogP contribution in [0, 0.1) is 11.3 Å². The van der Waals surface area contributed by atoms with Gasteiger partial charge in [0, 0.05) is 6.20 Å². The zero-order chi connectivity index (χ0) is 13.0. The predicted octanol–water partition coefficient (Wildman–Crippen LogP) is 0.888. The van der Waals surface area contributed by atoms with Crippen LogP contribution in [0.15, 0.2) is 34.7 Å². The first-order chi connectivity index (χ1) is 8.62. The van der Waals surface area contributed by atoms with Gasteiger partial charge in [0.1, 0.15) is 15.2 Å². The van der Waals surface area contributed by atoms with Gasteiger partial charge in [0.15, 0.2) is 0 Å². The molecule has 2 heterocycles. The summed E-state index contributed by atoms with van der Waals surface area (Å²) >= 11 is 0.927. The van der Waals surface area contributed by atoms with Gasteiger partial charge in [-0.3, -0.25) is 0 Å². The molecule has 6 nitrogen and oxygen atoms in total. The molecule has 8 heteroatoms. The quantitative estimate of drug-likeness (QED) is 0.897. The summed E-state index contributed by atoms with van der Waals surface area (Å²) in [6, 6.07) is 8.12. The second-order valence-electron chi connectivity index (χ2n) is 3.27. The first kappa shape index (κ1) is 12.6. The average Bonchev–Trinajstić information content (AvgIpc) is 2.87. The van der Waals surface area contributed by atoms with Crippen molar-refractivity contribution >= 4 is 21.4 Å². The van der Waals surface area contributed by atoms with Crippen LogP contribution in [0.5, 0.6) is 0 Å². The Balaban J connectivity index is 2.11. The fourth-order valence-corrected chi connectivity index (χ4v) is 3.34. The molecular formula is C10H8N4O2S2. The third kappa shape index (κ3) is 2.89. The fraction of sp³-hybridized carbons (Fsp3) is 0.100. The molecule has 0 saturated carbocycles. The van der Waals surface area contributed by atoms with Gasteiger partial charge in [0.05, 0.1) is 12.2 Å². The molecule has 0 aliphatic heterocycles. The lowest BCUT2D eigenvalue weighted by Crippen LogP contribution is -2.23. The number of nitrogens with one attached hydrogen (secondary N) is 1. The second-order valence-corrected chi connectivity index (χ2v) is 6.35. The molecule has 0 unspecified atom stereocenters. The number of hydrogen-bond donors (Lipinski definition) is 1. The molecule has 92 valence electrons. The molecule has 2 aromatic heterocycles. The third-order valence-electron chi connectivity index (χ3n) is 2.03. The van der Waals surface area contributed by atoms with Gasteiger partial charge >= 0.3 is 0 Å². The van der Waals surface area contributed by atoms with Crippen molar-refractivity contribution in [3.8, 4) is 6.07 Å². The third-order valence-corrected chi connectivity index (χ3v) is 4.91. The highest BCUT2D eigenvalue weighted by Crippen LogP contribution is 2.20. The Kier molecular flexibility index (Phi) is 3.66. The topological polar surface area (TPSA) is 95.7 Å². The highest BCUT2D eigenvalue weighted by Gasteiger charge is 2.16. The molecule has 0 bridgehead atoms. The minimum absolute atomic E-state index is 0.0654. The average molecular weight is 280 g/mol. The van der Waals surface area contributed by atoms with Crippen molar-refractivity contribution in [1.29, 1.82) is 5.26 Å². The zero-order valence-corrected chi connectivity index (χ0v) is 10.7. The Morgan fingerprint density at radius 3 is 2.83 bits per heavy atom. The molecule has 0 amide bonds. The van der Waals surface area contributed by atoms with Crippen molar-refractivity contribution in [2.45, 2.75) is 10.8 Å². The largest absolute Gasteiger partial charge is 0.250 e. The summed E-state index contributed by atoms with van der Waals surface area (Å²) in [5.41, 5.74) is 0.526. The summed E-state index contributed by atoms with van der Waals surface area (Å²) < 4.78 is 26.3. The number of nitriles is 1. The van der Waals surface area contributed by atoms with Crippen LogP contribution >= 0.6 is 11.3 Å². The van der Waals surface area contributed by atoms with Gasteiger partial charge in [-0.1, -0.05) is 0 Å². The summed E-state index contributed by atoms with van der Waals surface area (Å²) in [6.07, 6.45) is 1.51.